The maximum Gasteiger partial charge on any atom is 0.319 e. The average molecular weight is 422 g/mol. The number of carbonyl (C=O) groups is 1. The predicted molar refractivity (Wildman–Crippen MR) is 98.8 cm³/mol. The van der Waals surface area contributed by atoms with E-state index < -0.39 is 0 Å². The Kier molecular flexibility index (Phi) is 5.92. The van der Waals surface area contributed by atoms with Crippen molar-refractivity contribution in [1.29, 1.82) is 0 Å². The van der Waals surface area contributed by atoms with Gasteiger partial charge in [0.05, 0.1) is 19.8 Å². The summed E-state index contributed by atoms with van der Waals surface area (Å²) in [6, 6.07) is 7.37. The third-order valence-electron chi connectivity index (χ3n) is 4.21. The first-order valence-corrected chi connectivity index (χ1v) is 9.06. The minimum absolute atomic E-state index is 0.00686. The van der Waals surface area contributed by atoms with E-state index in [9.17, 15) is 4.79 Å². The van der Waals surface area contributed by atoms with Crippen molar-refractivity contribution in [2.24, 2.45) is 0 Å². The third kappa shape index (κ3) is 4.24. The number of methoxy groups -OCH3 is 2. The molecule has 1 amide bonds. The zero-order chi connectivity index (χ0) is 18.5. The molecule has 1 aliphatic rings. The van der Waals surface area contributed by atoms with Crippen LogP contribution in [0.5, 0.6) is 17.6 Å². The van der Waals surface area contributed by atoms with Crippen LogP contribution < -0.4 is 14.2 Å². The Hall–Kier alpha value is -2.35. The van der Waals surface area contributed by atoms with Crippen LogP contribution in [0.4, 0.5) is 0 Å². The van der Waals surface area contributed by atoms with Crippen molar-refractivity contribution in [3.8, 4) is 17.6 Å². The molecule has 1 aliphatic heterocycles. The summed E-state index contributed by atoms with van der Waals surface area (Å²) >= 11 is 3.44. The summed E-state index contributed by atoms with van der Waals surface area (Å²) in [4.78, 5) is 22.8. The topological polar surface area (TPSA) is 73.8 Å². The van der Waals surface area contributed by atoms with Crippen LogP contribution >= 0.6 is 15.9 Å². The first kappa shape index (κ1) is 18.4. The molecule has 1 saturated heterocycles. The van der Waals surface area contributed by atoms with Gasteiger partial charge in [-0.15, -0.1) is 0 Å². The Morgan fingerprint density at radius 1 is 1.19 bits per heavy atom. The molecule has 0 aliphatic carbocycles. The van der Waals surface area contributed by atoms with E-state index >= 15 is 0 Å². The molecule has 2 heterocycles. The quantitative estimate of drug-likeness (QED) is 0.738. The number of hydrogen-bond donors (Lipinski definition) is 0. The third-order valence-corrected chi connectivity index (χ3v) is 4.90. The van der Waals surface area contributed by atoms with Crippen LogP contribution in [0, 0.1) is 0 Å². The van der Waals surface area contributed by atoms with Crippen molar-refractivity contribution in [3.05, 3.63) is 40.5 Å². The normalized spacial score (nSPS) is 14.8. The van der Waals surface area contributed by atoms with Gasteiger partial charge in [-0.3, -0.25) is 4.79 Å². The standard InChI is InChI=1S/C18H20BrN3O4/c1-24-13-3-4-15(19)14(11-13)17(23)22-9-6-12(7-10-22)26-16-5-8-20-18(21-16)25-2/h3-5,8,11-12H,6-7,9-10H2,1-2H3. The van der Waals surface area contributed by atoms with Crippen LogP contribution in [-0.4, -0.2) is 54.2 Å². The van der Waals surface area contributed by atoms with Gasteiger partial charge in [-0.2, -0.15) is 4.98 Å². The molecular weight excluding hydrogens is 402 g/mol. The van der Waals surface area contributed by atoms with Gasteiger partial charge in [-0.1, -0.05) is 0 Å². The molecule has 3 rings (SSSR count). The van der Waals surface area contributed by atoms with E-state index in [2.05, 4.69) is 25.9 Å². The van der Waals surface area contributed by atoms with Gasteiger partial charge >= 0.3 is 6.01 Å². The van der Waals surface area contributed by atoms with Crippen LogP contribution in [0.15, 0.2) is 34.9 Å². The van der Waals surface area contributed by atoms with Crippen LogP contribution in [0.25, 0.3) is 0 Å². The van der Waals surface area contributed by atoms with E-state index in [1.807, 2.05) is 17.0 Å². The number of ether oxygens (including phenoxy) is 3. The lowest BCUT2D eigenvalue weighted by Gasteiger charge is -2.32. The molecule has 1 fully saturated rings. The van der Waals surface area contributed by atoms with Crippen molar-refractivity contribution in [3.63, 3.8) is 0 Å². The first-order valence-electron chi connectivity index (χ1n) is 8.27. The zero-order valence-electron chi connectivity index (χ0n) is 14.6. The lowest BCUT2D eigenvalue weighted by molar-refractivity contribution is 0.0585. The van der Waals surface area contributed by atoms with Gasteiger partial charge in [0.15, 0.2) is 0 Å². The van der Waals surface area contributed by atoms with Gasteiger partial charge in [0.1, 0.15) is 11.9 Å². The number of halogens is 1. The first-order chi connectivity index (χ1) is 12.6. The van der Waals surface area contributed by atoms with Gasteiger partial charge in [0, 0.05) is 42.7 Å². The second-order valence-electron chi connectivity index (χ2n) is 5.84. The van der Waals surface area contributed by atoms with E-state index in [4.69, 9.17) is 14.2 Å². The number of likely N-dealkylation sites (tertiary alicyclic amines) is 1. The van der Waals surface area contributed by atoms with Crippen LogP contribution in [0.2, 0.25) is 0 Å². The van der Waals surface area contributed by atoms with Crippen molar-refractivity contribution in [2.45, 2.75) is 18.9 Å². The van der Waals surface area contributed by atoms with E-state index in [1.165, 1.54) is 7.11 Å². The highest BCUT2D eigenvalue weighted by Gasteiger charge is 2.26. The number of nitrogens with zero attached hydrogens (tertiary/aromatic N) is 3. The van der Waals surface area contributed by atoms with Crippen LogP contribution in [-0.2, 0) is 0 Å². The van der Waals surface area contributed by atoms with E-state index in [1.54, 1.807) is 25.4 Å². The Bertz CT molecular complexity index is 779. The summed E-state index contributed by atoms with van der Waals surface area (Å²) in [5.74, 6) is 1.13. The molecule has 0 spiro atoms. The van der Waals surface area contributed by atoms with Crippen molar-refractivity contribution in [2.75, 3.05) is 27.3 Å². The molecule has 26 heavy (non-hydrogen) atoms. The molecule has 8 heteroatoms. The lowest BCUT2D eigenvalue weighted by atomic mass is 10.1. The molecule has 0 N–H and O–H groups in total. The highest BCUT2D eigenvalue weighted by Crippen LogP contribution is 2.26. The molecule has 138 valence electrons. The highest BCUT2D eigenvalue weighted by molar-refractivity contribution is 9.10. The Labute approximate surface area is 160 Å². The SMILES string of the molecule is COc1ccc(Br)c(C(=O)N2CCC(Oc3ccnc(OC)n3)CC2)c1. The van der Waals surface area contributed by atoms with Crippen molar-refractivity contribution < 1.29 is 19.0 Å². The lowest BCUT2D eigenvalue weighted by Crippen LogP contribution is -2.42. The minimum Gasteiger partial charge on any atom is -0.497 e. The molecule has 0 unspecified atom stereocenters. The monoisotopic (exact) mass is 421 g/mol. The van der Waals surface area contributed by atoms with Gasteiger partial charge in [-0.25, -0.2) is 4.98 Å². The van der Waals surface area contributed by atoms with Crippen LogP contribution in [0.1, 0.15) is 23.2 Å². The summed E-state index contributed by atoms with van der Waals surface area (Å²) in [6.07, 6.45) is 3.08. The van der Waals surface area contributed by atoms with Gasteiger partial charge in [-0.05, 0) is 34.1 Å². The van der Waals surface area contributed by atoms with Gasteiger partial charge in [0.2, 0.25) is 5.88 Å². The summed E-state index contributed by atoms with van der Waals surface area (Å²) < 4.78 is 16.9. The highest BCUT2D eigenvalue weighted by atomic mass is 79.9. The molecule has 0 atom stereocenters. The summed E-state index contributed by atoms with van der Waals surface area (Å²) in [7, 11) is 3.10. The molecule has 1 aromatic heterocycles. The fraction of sp³-hybridized carbons (Fsp3) is 0.389. The Morgan fingerprint density at radius 2 is 1.96 bits per heavy atom. The largest absolute Gasteiger partial charge is 0.497 e. The Morgan fingerprint density at radius 3 is 2.65 bits per heavy atom. The van der Waals surface area contributed by atoms with E-state index in [0.717, 1.165) is 17.3 Å². The Balaban J connectivity index is 1.60. The number of aromatic nitrogens is 2. The number of piperidine rings is 1. The van der Waals surface area contributed by atoms with E-state index in [0.29, 0.717) is 30.3 Å². The maximum absolute atomic E-state index is 12.8. The smallest absolute Gasteiger partial charge is 0.319 e. The summed E-state index contributed by atoms with van der Waals surface area (Å²) in [5.41, 5.74) is 0.601. The van der Waals surface area contributed by atoms with Crippen LogP contribution in [0.3, 0.4) is 0 Å². The summed E-state index contributed by atoms with van der Waals surface area (Å²) in [6.45, 7) is 1.24. The molecule has 1 aromatic carbocycles. The number of benzene rings is 1. The fourth-order valence-corrected chi connectivity index (χ4v) is 3.22. The number of rotatable bonds is 5. The summed E-state index contributed by atoms with van der Waals surface area (Å²) in [5, 5.41) is 0. The number of carbonyl (C=O) groups excluding carboxylic acids is 1. The molecular formula is C18H20BrN3O4. The second kappa shape index (κ2) is 8.35. The van der Waals surface area contributed by atoms with E-state index in [-0.39, 0.29) is 18.0 Å². The van der Waals surface area contributed by atoms with Gasteiger partial charge in [0.25, 0.3) is 5.91 Å². The van der Waals surface area contributed by atoms with Crippen molar-refractivity contribution >= 4 is 21.8 Å². The average Bonchev–Trinajstić information content (AvgIpc) is 2.68. The molecule has 0 bridgehead atoms. The molecule has 7 nitrogen and oxygen atoms in total. The minimum atomic E-state index is -0.0158. The number of amides is 1. The molecule has 0 saturated carbocycles. The maximum atomic E-state index is 12.8. The molecule has 0 radical (unpaired) electrons. The zero-order valence-corrected chi connectivity index (χ0v) is 16.2. The van der Waals surface area contributed by atoms with Crippen molar-refractivity contribution in [1.82, 2.24) is 14.9 Å². The second-order valence-corrected chi connectivity index (χ2v) is 6.69. The predicted octanol–water partition coefficient (Wildman–Crippen LogP) is 2.94. The molecule has 2 aromatic rings. The number of hydrogen-bond acceptors (Lipinski definition) is 6. The van der Waals surface area contributed by atoms with Gasteiger partial charge < -0.3 is 19.1 Å². The fourth-order valence-electron chi connectivity index (χ4n) is 2.80.